The Balaban J connectivity index is 0.000000648. The van der Waals surface area contributed by atoms with Crippen LogP contribution in [0.4, 0.5) is 0 Å². The smallest absolute Gasteiger partial charge is 0.00551 e. The zero-order valence-corrected chi connectivity index (χ0v) is 16.6. The van der Waals surface area contributed by atoms with Gasteiger partial charge in [-0.25, -0.2) is 0 Å². The van der Waals surface area contributed by atoms with Gasteiger partial charge in [-0.15, -0.1) is 6.58 Å². The van der Waals surface area contributed by atoms with Crippen LogP contribution in [0.25, 0.3) is 11.1 Å². The van der Waals surface area contributed by atoms with Crippen LogP contribution in [-0.2, 0) is 12.8 Å². The van der Waals surface area contributed by atoms with E-state index in [4.69, 9.17) is 5.73 Å². The van der Waals surface area contributed by atoms with Crippen molar-refractivity contribution in [1.29, 1.82) is 0 Å². The van der Waals surface area contributed by atoms with Crippen LogP contribution in [0.15, 0.2) is 30.4 Å². The van der Waals surface area contributed by atoms with Crippen LogP contribution in [0.1, 0.15) is 75.3 Å². The SMILES string of the molecule is C=CCc1c(/C(C)=C\C)cc2c(c1C)CC(C)=C2CC.CCCN. The van der Waals surface area contributed by atoms with Crippen molar-refractivity contribution in [3.63, 3.8) is 0 Å². The number of nitrogens with two attached hydrogens (primary N) is 1. The summed E-state index contributed by atoms with van der Waals surface area (Å²) in [5.74, 6) is 0. The molecule has 2 N–H and O–H groups in total. The molecule has 1 aliphatic rings. The van der Waals surface area contributed by atoms with Crippen LogP contribution in [-0.4, -0.2) is 6.54 Å². The molecule has 0 aromatic heterocycles. The van der Waals surface area contributed by atoms with Crippen molar-refractivity contribution in [2.75, 3.05) is 6.54 Å². The number of hydrogen-bond donors (Lipinski definition) is 1. The standard InChI is InChI=1S/C20H26.C3H9N/c1-7-10-17-15(6)19-11-14(5)16(9-3)20(19)12-18(17)13(4)8-2;1-2-3-4/h7-8,12H,1,9-11H2,2-6H3;2-4H2,1H3/b13-8-;. The summed E-state index contributed by atoms with van der Waals surface area (Å²) in [5.41, 5.74) is 16.9. The van der Waals surface area contributed by atoms with Crippen molar-refractivity contribution in [2.24, 2.45) is 5.73 Å². The van der Waals surface area contributed by atoms with Gasteiger partial charge >= 0.3 is 0 Å². The number of hydrogen-bond acceptors (Lipinski definition) is 1. The second kappa shape index (κ2) is 9.64. The predicted octanol–water partition coefficient (Wildman–Crippen LogP) is 6.24. The Morgan fingerprint density at radius 1 is 1.29 bits per heavy atom. The molecule has 0 bridgehead atoms. The molecule has 1 aliphatic carbocycles. The highest BCUT2D eigenvalue weighted by molar-refractivity contribution is 5.82. The van der Waals surface area contributed by atoms with E-state index in [1.165, 1.54) is 27.8 Å². The first kappa shape index (κ1) is 20.4. The maximum Gasteiger partial charge on any atom is -0.00551 e. The first-order valence-electron chi connectivity index (χ1n) is 9.25. The zero-order chi connectivity index (χ0) is 18.3. The third kappa shape index (κ3) is 4.27. The van der Waals surface area contributed by atoms with E-state index in [0.717, 1.165) is 32.2 Å². The maximum atomic E-state index is 5.03. The van der Waals surface area contributed by atoms with Crippen LogP contribution in [0.2, 0.25) is 0 Å². The number of allylic oxidation sites excluding steroid dienone is 5. The fourth-order valence-electron chi connectivity index (χ4n) is 3.41. The van der Waals surface area contributed by atoms with Crippen molar-refractivity contribution in [3.8, 4) is 0 Å². The summed E-state index contributed by atoms with van der Waals surface area (Å²) >= 11 is 0. The van der Waals surface area contributed by atoms with Crippen LogP contribution < -0.4 is 5.73 Å². The quantitative estimate of drug-likeness (QED) is 0.637. The normalized spacial score (nSPS) is 13.5. The Kier molecular flexibility index (Phi) is 8.21. The first-order chi connectivity index (χ1) is 11.5. The molecule has 132 valence electrons. The van der Waals surface area contributed by atoms with Gasteiger partial charge in [-0.3, -0.25) is 0 Å². The van der Waals surface area contributed by atoms with Crippen LogP contribution in [0, 0.1) is 6.92 Å². The molecule has 0 fully saturated rings. The number of fused-ring (bicyclic) bond motifs is 1. The van der Waals surface area contributed by atoms with Gasteiger partial charge in [0, 0.05) is 0 Å². The molecule has 0 saturated carbocycles. The topological polar surface area (TPSA) is 26.0 Å². The molecule has 2 rings (SSSR count). The predicted molar refractivity (Wildman–Crippen MR) is 110 cm³/mol. The van der Waals surface area contributed by atoms with Crippen molar-refractivity contribution < 1.29 is 0 Å². The average molecular weight is 326 g/mol. The molecule has 0 unspecified atom stereocenters. The molecule has 0 amide bonds. The third-order valence-electron chi connectivity index (χ3n) is 4.98. The van der Waals surface area contributed by atoms with Gasteiger partial charge in [0.05, 0.1) is 0 Å². The van der Waals surface area contributed by atoms with Crippen LogP contribution >= 0.6 is 0 Å². The van der Waals surface area contributed by atoms with Crippen LogP contribution in [0.3, 0.4) is 0 Å². The lowest BCUT2D eigenvalue weighted by molar-refractivity contribution is 0.932. The molecular weight excluding hydrogens is 290 g/mol. The van der Waals surface area contributed by atoms with Gasteiger partial charge < -0.3 is 5.73 Å². The Morgan fingerprint density at radius 3 is 2.38 bits per heavy atom. The molecule has 1 aromatic rings. The summed E-state index contributed by atoms with van der Waals surface area (Å²) < 4.78 is 0. The van der Waals surface area contributed by atoms with E-state index in [0.29, 0.717) is 0 Å². The van der Waals surface area contributed by atoms with E-state index in [2.05, 4.69) is 60.3 Å². The summed E-state index contributed by atoms with van der Waals surface area (Å²) in [6.45, 7) is 18.0. The molecule has 1 nitrogen and oxygen atoms in total. The van der Waals surface area contributed by atoms with Gasteiger partial charge in [0.15, 0.2) is 0 Å². The molecule has 24 heavy (non-hydrogen) atoms. The summed E-state index contributed by atoms with van der Waals surface area (Å²) in [6, 6.07) is 2.42. The Bertz CT molecular complexity index is 642. The molecule has 0 saturated heterocycles. The average Bonchev–Trinajstić information content (AvgIpc) is 2.92. The minimum atomic E-state index is 0.819. The number of rotatable bonds is 5. The lowest BCUT2D eigenvalue weighted by atomic mass is 9.87. The van der Waals surface area contributed by atoms with E-state index in [9.17, 15) is 0 Å². The third-order valence-corrected chi connectivity index (χ3v) is 4.98. The fraction of sp³-hybridized carbons (Fsp3) is 0.478. The van der Waals surface area contributed by atoms with Gasteiger partial charge in [0.2, 0.25) is 0 Å². The van der Waals surface area contributed by atoms with Crippen molar-refractivity contribution in [1.82, 2.24) is 0 Å². The van der Waals surface area contributed by atoms with Crippen molar-refractivity contribution in [2.45, 2.75) is 67.2 Å². The van der Waals surface area contributed by atoms with Gasteiger partial charge in [0.1, 0.15) is 0 Å². The molecule has 0 aliphatic heterocycles. The first-order valence-corrected chi connectivity index (χ1v) is 9.25. The highest BCUT2D eigenvalue weighted by Gasteiger charge is 2.23. The second-order valence-corrected chi connectivity index (χ2v) is 6.60. The molecule has 0 radical (unpaired) electrons. The monoisotopic (exact) mass is 325 g/mol. The lowest BCUT2D eigenvalue weighted by Gasteiger charge is -2.18. The highest BCUT2D eigenvalue weighted by Crippen LogP contribution is 2.40. The van der Waals surface area contributed by atoms with Gasteiger partial charge in [0.25, 0.3) is 0 Å². The minimum absolute atomic E-state index is 0.819. The molecule has 0 atom stereocenters. The summed E-state index contributed by atoms with van der Waals surface area (Å²) in [6.07, 6.45) is 8.55. The van der Waals surface area contributed by atoms with Gasteiger partial charge in [-0.2, -0.15) is 0 Å². The zero-order valence-electron chi connectivity index (χ0n) is 16.6. The Morgan fingerprint density at radius 2 is 1.92 bits per heavy atom. The Labute approximate surface area is 149 Å². The van der Waals surface area contributed by atoms with E-state index >= 15 is 0 Å². The van der Waals surface area contributed by atoms with Crippen molar-refractivity contribution in [3.05, 3.63) is 58.2 Å². The second-order valence-electron chi connectivity index (χ2n) is 6.60. The minimum Gasteiger partial charge on any atom is -0.330 e. The van der Waals surface area contributed by atoms with E-state index in [1.54, 1.807) is 16.7 Å². The Hall–Kier alpha value is -1.60. The molecule has 1 heteroatoms. The van der Waals surface area contributed by atoms with E-state index < -0.39 is 0 Å². The van der Waals surface area contributed by atoms with E-state index in [-0.39, 0.29) is 0 Å². The molecule has 1 aromatic carbocycles. The summed E-state index contributed by atoms with van der Waals surface area (Å²) in [4.78, 5) is 0. The molecular formula is C23H35N. The van der Waals surface area contributed by atoms with Gasteiger partial charge in [-0.1, -0.05) is 31.6 Å². The highest BCUT2D eigenvalue weighted by atomic mass is 14.5. The summed E-state index contributed by atoms with van der Waals surface area (Å²) in [5, 5.41) is 0. The van der Waals surface area contributed by atoms with E-state index in [1.807, 2.05) is 6.08 Å². The summed E-state index contributed by atoms with van der Waals surface area (Å²) in [7, 11) is 0. The van der Waals surface area contributed by atoms with Crippen molar-refractivity contribution >= 4 is 11.1 Å². The lowest BCUT2D eigenvalue weighted by Crippen LogP contribution is -2.01. The van der Waals surface area contributed by atoms with Gasteiger partial charge in [-0.05, 0) is 105 Å². The molecule has 0 spiro atoms. The maximum absolute atomic E-state index is 5.03. The fourth-order valence-corrected chi connectivity index (χ4v) is 3.41. The van der Waals surface area contributed by atoms with Crippen LogP contribution in [0.5, 0.6) is 0 Å². The molecule has 0 heterocycles. The largest absolute Gasteiger partial charge is 0.330 e. The number of benzene rings is 1.